The largest absolute Gasteiger partial charge is 0.487 e. The van der Waals surface area contributed by atoms with E-state index in [1.165, 1.54) is 4.90 Å². The van der Waals surface area contributed by atoms with E-state index in [1.807, 2.05) is 50.2 Å². The molecule has 0 saturated heterocycles. The highest BCUT2D eigenvalue weighted by molar-refractivity contribution is 5.98. The first-order valence-electron chi connectivity index (χ1n) is 10.2. The van der Waals surface area contributed by atoms with Crippen LogP contribution in [0.1, 0.15) is 46.6 Å². The lowest BCUT2D eigenvalue weighted by Gasteiger charge is -2.33. The summed E-state index contributed by atoms with van der Waals surface area (Å²) in [5.74, 6) is 0.0273. The van der Waals surface area contributed by atoms with E-state index in [9.17, 15) is 9.59 Å². The van der Waals surface area contributed by atoms with Crippen LogP contribution in [0.15, 0.2) is 54.6 Å². The summed E-state index contributed by atoms with van der Waals surface area (Å²) in [5, 5.41) is 0. The van der Waals surface area contributed by atoms with Crippen LogP contribution < -0.4 is 15.4 Å². The molecule has 0 radical (unpaired) electrons. The number of nitrogens with two attached hydrogens (primary N) is 1. The lowest BCUT2D eigenvalue weighted by molar-refractivity contribution is -0.119. The Hall–Kier alpha value is -3.02. The number of carbonyl (C=O) groups is 2. The maximum Gasteiger partial charge on any atom is 0.415 e. The van der Waals surface area contributed by atoms with Crippen LogP contribution >= 0.6 is 0 Å². The van der Waals surface area contributed by atoms with Crippen molar-refractivity contribution in [2.75, 3.05) is 4.90 Å². The summed E-state index contributed by atoms with van der Waals surface area (Å²) < 4.78 is 11.6. The normalized spacial score (nSPS) is 12.3. The maximum absolute atomic E-state index is 13.2. The van der Waals surface area contributed by atoms with Crippen molar-refractivity contribution < 1.29 is 19.1 Å². The topological polar surface area (TPSA) is 81.9 Å². The van der Waals surface area contributed by atoms with Crippen LogP contribution in [0.4, 0.5) is 10.5 Å². The molecule has 0 unspecified atom stereocenters. The molecule has 2 aromatic rings. The first-order chi connectivity index (χ1) is 14.1. The van der Waals surface area contributed by atoms with Gasteiger partial charge in [0.2, 0.25) is 5.91 Å². The second-order valence-corrected chi connectivity index (χ2v) is 8.64. The summed E-state index contributed by atoms with van der Waals surface area (Å²) in [6, 6.07) is 16.0. The molecule has 2 rings (SSSR count). The van der Waals surface area contributed by atoms with Crippen LogP contribution in [0.2, 0.25) is 0 Å². The Bertz CT molecular complexity index is 844. The van der Waals surface area contributed by atoms with Gasteiger partial charge in [0.1, 0.15) is 24.0 Å². The van der Waals surface area contributed by atoms with Crippen molar-refractivity contribution in [3.63, 3.8) is 0 Å². The van der Waals surface area contributed by atoms with Crippen LogP contribution in [0.25, 0.3) is 0 Å². The number of ether oxygens (including phenoxy) is 2. The summed E-state index contributed by atoms with van der Waals surface area (Å²) in [6.07, 6.45) is -0.232. The lowest BCUT2D eigenvalue weighted by Crippen LogP contribution is -2.50. The first-order valence-corrected chi connectivity index (χ1v) is 10.2. The number of rotatable bonds is 8. The van der Waals surface area contributed by atoms with Gasteiger partial charge < -0.3 is 15.2 Å². The minimum atomic E-state index is -0.860. The fraction of sp³-hybridized carbons (Fsp3) is 0.417. The van der Waals surface area contributed by atoms with Gasteiger partial charge in [0.05, 0.1) is 5.69 Å². The molecular weight excluding hydrogens is 380 g/mol. The molecule has 1 atom stereocenters. The minimum Gasteiger partial charge on any atom is -0.487 e. The van der Waals surface area contributed by atoms with Gasteiger partial charge in [-0.25, -0.2) is 4.79 Å². The van der Waals surface area contributed by atoms with E-state index in [4.69, 9.17) is 15.2 Å². The van der Waals surface area contributed by atoms with Crippen molar-refractivity contribution in [2.45, 2.75) is 59.3 Å². The summed E-state index contributed by atoms with van der Waals surface area (Å²) in [7, 11) is 0. The molecular formula is C24H32N2O4. The Labute approximate surface area is 179 Å². The fourth-order valence-corrected chi connectivity index (χ4v) is 3.01. The molecule has 0 aliphatic rings. The fourth-order valence-electron chi connectivity index (χ4n) is 3.01. The van der Waals surface area contributed by atoms with Crippen molar-refractivity contribution in [1.82, 2.24) is 0 Å². The van der Waals surface area contributed by atoms with Crippen molar-refractivity contribution in [2.24, 2.45) is 11.7 Å². The number of amides is 2. The molecule has 0 spiro atoms. The molecule has 0 saturated carbocycles. The van der Waals surface area contributed by atoms with Gasteiger partial charge in [-0.3, -0.25) is 9.69 Å². The molecule has 0 aromatic heterocycles. The van der Waals surface area contributed by atoms with Gasteiger partial charge in [0, 0.05) is 0 Å². The highest BCUT2D eigenvalue weighted by Gasteiger charge is 2.35. The Kier molecular flexibility index (Phi) is 7.86. The van der Waals surface area contributed by atoms with Gasteiger partial charge in [-0.15, -0.1) is 0 Å². The summed E-state index contributed by atoms with van der Waals surface area (Å²) in [5.41, 5.74) is 6.43. The van der Waals surface area contributed by atoms with E-state index >= 15 is 0 Å². The smallest absolute Gasteiger partial charge is 0.415 e. The van der Waals surface area contributed by atoms with Crippen LogP contribution in [0.3, 0.4) is 0 Å². The average Bonchev–Trinajstić information content (AvgIpc) is 2.65. The predicted molar refractivity (Wildman–Crippen MR) is 118 cm³/mol. The molecule has 30 heavy (non-hydrogen) atoms. The van der Waals surface area contributed by atoms with Crippen molar-refractivity contribution >= 4 is 17.7 Å². The molecule has 0 aliphatic heterocycles. The lowest BCUT2D eigenvalue weighted by atomic mass is 10.0. The molecule has 2 amide bonds. The van der Waals surface area contributed by atoms with E-state index in [0.717, 1.165) is 5.56 Å². The Balaban J connectivity index is 2.44. The van der Waals surface area contributed by atoms with E-state index < -0.39 is 23.6 Å². The summed E-state index contributed by atoms with van der Waals surface area (Å²) >= 11 is 0. The number of hydrogen-bond acceptors (Lipinski definition) is 4. The van der Waals surface area contributed by atoms with Gasteiger partial charge in [-0.1, -0.05) is 56.3 Å². The average molecular weight is 413 g/mol. The third kappa shape index (κ3) is 6.79. The molecule has 0 aliphatic carbocycles. The van der Waals surface area contributed by atoms with Gasteiger partial charge in [0.25, 0.3) is 0 Å². The molecule has 2 aromatic carbocycles. The van der Waals surface area contributed by atoms with Crippen molar-refractivity contribution in [3.8, 4) is 5.75 Å². The molecule has 2 N–H and O–H groups in total. The Morgan fingerprint density at radius 2 is 1.60 bits per heavy atom. The number of carbonyl (C=O) groups excluding carboxylic acids is 2. The quantitative estimate of drug-likeness (QED) is 0.668. The minimum absolute atomic E-state index is 0.143. The monoisotopic (exact) mass is 412 g/mol. The summed E-state index contributed by atoms with van der Waals surface area (Å²) in [4.78, 5) is 26.8. The maximum atomic E-state index is 13.2. The number of anilines is 1. The van der Waals surface area contributed by atoms with Crippen LogP contribution in [-0.2, 0) is 16.1 Å². The van der Waals surface area contributed by atoms with Crippen LogP contribution in [0, 0.1) is 5.92 Å². The zero-order valence-corrected chi connectivity index (χ0v) is 18.4. The molecule has 0 heterocycles. The Morgan fingerprint density at radius 1 is 1.00 bits per heavy atom. The van der Waals surface area contributed by atoms with Gasteiger partial charge in [-0.2, -0.15) is 0 Å². The molecule has 6 nitrogen and oxygen atoms in total. The van der Waals surface area contributed by atoms with Crippen molar-refractivity contribution in [3.05, 3.63) is 60.2 Å². The second-order valence-electron chi connectivity index (χ2n) is 8.64. The zero-order valence-electron chi connectivity index (χ0n) is 18.4. The predicted octanol–water partition coefficient (Wildman–Crippen LogP) is 4.91. The highest BCUT2D eigenvalue weighted by Crippen LogP contribution is 2.33. The number of nitrogens with zero attached hydrogens (tertiary/aromatic N) is 1. The van der Waals surface area contributed by atoms with Crippen molar-refractivity contribution in [1.29, 1.82) is 0 Å². The standard InChI is InChI=1S/C24H32N2O4/c1-17(2)15-20(22(25)27)26(23(28)30-24(3,4)5)19-13-9-10-14-21(19)29-16-18-11-7-6-8-12-18/h6-14,17,20H,15-16H2,1-5H3,(H2,25,27)/t20-/m0/s1. The van der Waals surface area contributed by atoms with E-state index in [2.05, 4.69) is 0 Å². The molecule has 162 valence electrons. The third-order valence-electron chi connectivity index (χ3n) is 4.29. The highest BCUT2D eigenvalue weighted by atomic mass is 16.6. The first kappa shape index (κ1) is 23.3. The number of para-hydroxylation sites is 2. The van der Waals surface area contributed by atoms with Crippen LogP contribution in [-0.4, -0.2) is 23.6 Å². The zero-order chi connectivity index (χ0) is 22.3. The molecule has 0 fully saturated rings. The van der Waals surface area contributed by atoms with E-state index in [0.29, 0.717) is 24.5 Å². The van der Waals surface area contributed by atoms with E-state index in [-0.39, 0.29) is 5.92 Å². The number of benzene rings is 2. The Morgan fingerprint density at radius 3 is 2.17 bits per heavy atom. The third-order valence-corrected chi connectivity index (χ3v) is 4.29. The number of hydrogen-bond donors (Lipinski definition) is 1. The SMILES string of the molecule is CC(C)C[C@@H](C(N)=O)N(C(=O)OC(C)(C)C)c1ccccc1OCc1ccccc1. The second kappa shape index (κ2) is 10.1. The van der Waals surface area contributed by atoms with Gasteiger partial charge >= 0.3 is 6.09 Å². The van der Waals surface area contributed by atoms with Crippen LogP contribution in [0.5, 0.6) is 5.75 Å². The number of primary amides is 1. The van der Waals surface area contributed by atoms with E-state index in [1.54, 1.807) is 39.0 Å². The van der Waals surface area contributed by atoms with Gasteiger partial charge in [0.15, 0.2) is 0 Å². The molecule has 6 heteroatoms. The molecule has 0 bridgehead atoms. The summed E-state index contributed by atoms with van der Waals surface area (Å²) in [6.45, 7) is 9.61. The van der Waals surface area contributed by atoms with Gasteiger partial charge in [-0.05, 0) is 50.8 Å².